The summed E-state index contributed by atoms with van der Waals surface area (Å²) in [6, 6.07) is 0. The molecule has 0 saturated heterocycles. The molecule has 0 aromatic rings. The van der Waals surface area contributed by atoms with Crippen LogP contribution in [0.1, 0.15) is 13.8 Å². The molecule has 1 aliphatic rings. The molecule has 3 unspecified atom stereocenters. The van der Waals surface area contributed by atoms with E-state index in [-0.39, 0.29) is 17.3 Å². The molecule has 5 heteroatoms. The van der Waals surface area contributed by atoms with Crippen molar-refractivity contribution < 1.29 is 14.6 Å². The van der Waals surface area contributed by atoms with Gasteiger partial charge in [0.1, 0.15) is 4.84 Å². The minimum absolute atomic E-state index is 0.00227. The number of ether oxygens (including phenoxy) is 1. The van der Waals surface area contributed by atoms with Gasteiger partial charge in [-0.05, 0) is 11.3 Å². The Hall–Kier alpha value is 0.01000. The standard InChI is InChI=1S/C9H14Cl2O3/c1-9(2)5(3-14-4-12)6(9)7(13)8(10)11/h4-8,13H,3H2,1-2H3. The molecule has 0 aromatic carbocycles. The highest BCUT2D eigenvalue weighted by atomic mass is 35.5. The molecule has 1 saturated carbocycles. The Labute approximate surface area is 93.3 Å². The lowest BCUT2D eigenvalue weighted by atomic mass is 10.1. The van der Waals surface area contributed by atoms with Crippen LogP contribution in [0.3, 0.4) is 0 Å². The average Bonchev–Trinajstić information content (AvgIpc) is 2.63. The summed E-state index contributed by atoms with van der Waals surface area (Å²) in [6.07, 6.45) is -0.756. The van der Waals surface area contributed by atoms with Gasteiger partial charge in [-0.25, -0.2) is 0 Å². The van der Waals surface area contributed by atoms with Crippen molar-refractivity contribution in [2.45, 2.75) is 24.8 Å². The first-order chi connectivity index (χ1) is 6.42. The van der Waals surface area contributed by atoms with E-state index < -0.39 is 10.9 Å². The van der Waals surface area contributed by atoms with Crippen LogP contribution in [0.5, 0.6) is 0 Å². The number of alkyl halides is 2. The van der Waals surface area contributed by atoms with E-state index in [1.807, 2.05) is 13.8 Å². The number of carbonyl (C=O) groups is 1. The van der Waals surface area contributed by atoms with E-state index in [1.54, 1.807) is 0 Å². The van der Waals surface area contributed by atoms with E-state index in [0.29, 0.717) is 13.1 Å². The van der Waals surface area contributed by atoms with Gasteiger partial charge in [-0.3, -0.25) is 4.79 Å². The van der Waals surface area contributed by atoms with Crippen LogP contribution in [0, 0.1) is 17.3 Å². The fourth-order valence-corrected chi connectivity index (χ4v) is 2.40. The first-order valence-electron chi connectivity index (χ1n) is 4.44. The lowest BCUT2D eigenvalue weighted by molar-refractivity contribution is -0.129. The molecule has 0 aliphatic heterocycles. The summed E-state index contributed by atoms with van der Waals surface area (Å²) in [4.78, 5) is 9.23. The molecule has 0 bridgehead atoms. The molecule has 3 nitrogen and oxygen atoms in total. The minimum atomic E-state index is -0.791. The molecule has 14 heavy (non-hydrogen) atoms. The zero-order chi connectivity index (χ0) is 10.9. The molecule has 3 atom stereocenters. The van der Waals surface area contributed by atoms with Crippen LogP contribution in [0.4, 0.5) is 0 Å². The third-order valence-corrected chi connectivity index (χ3v) is 3.63. The third kappa shape index (κ3) is 2.15. The van der Waals surface area contributed by atoms with Crippen LogP contribution in [-0.4, -0.2) is 29.1 Å². The smallest absolute Gasteiger partial charge is 0.293 e. The summed E-state index contributed by atoms with van der Waals surface area (Å²) in [6.45, 7) is 4.72. The Bertz CT molecular complexity index is 218. The van der Waals surface area contributed by atoms with Crippen LogP contribution in [0.25, 0.3) is 0 Å². The van der Waals surface area contributed by atoms with Crippen LogP contribution in [0.2, 0.25) is 0 Å². The predicted molar refractivity (Wildman–Crippen MR) is 54.3 cm³/mol. The molecular formula is C9H14Cl2O3. The van der Waals surface area contributed by atoms with Crippen molar-refractivity contribution in [1.82, 2.24) is 0 Å². The van der Waals surface area contributed by atoms with Gasteiger partial charge in [0, 0.05) is 5.92 Å². The molecule has 1 fully saturated rings. The Morgan fingerprint density at radius 3 is 2.57 bits per heavy atom. The van der Waals surface area contributed by atoms with Gasteiger partial charge in [-0.15, -0.1) is 23.2 Å². The Balaban J connectivity index is 2.52. The van der Waals surface area contributed by atoms with E-state index in [2.05, 4.69) is 4.74 Å². The second-order valence-electron chi connectivity index (χ2n) is 4.21. The zero-order valence-corrected chi connectivity index (χ0v) is 9.63. The van der Waals surface area contributed by atoms with Gasteiger partial charge in [0.2, 0.25) is 0 Å². The van der Waals surface area contributed by atoms with Gasteiger partial charge in [-0.1, -0.05) is 13.8 Å². The molecular weight excluding hydrogens is 227 g/mol. The number of carbonyl (C=O) groups excluding carboxylic acids is 1. The molecule has 0 aromatic heterocycles. The third-order valence-electron chi connectivity index (χ3n) is 3.11. The van der Waals surface area contributed by atoms with Crippen LogP contribution in [-0.2, 0) is 9.53 Å². The fraction of sp³-hybridized carbons (Fsp3) is 0.889. The van der Waals surface area contributed by atoms with Crippen LogP contribution < -0.4 is 0 Å². The lowest BCUT2D eigenvalue weighted by Gasteiger charge is -2.12. The van der Waals surface area contributed by atoms with Gasteiger partial charge < -0.3 is 9.84 Å². The van der Waals surface area contributed by atoms with Gasteiger partial charge in [0.05, 0.1) is 12.7 Å². The van der Waals surface area contributed by atoms with E-state index in [9.17, 15) is 9.90 Å². The summed E-state index contributed by atoms with van der Waals surface area (Å²) in [5.41, 5.74) is -0.0650. The topological polar surface area (TPSA) is 46.5 Å². The quantitative estimate of drug-likeness (QED) is 0.587. The number of hydrogen-bond donors (Lipinski definition) is 1. The number of hydrogen-bond acceptors (Lipinski definition) is 3. The molecule has 0 spiro atoms. The second-order valence-corrected chi connectivity index (χ2v) is 5.37. The summed E-state index contributed by atoms with van der Waals surface area (Å²) < 4.78 is 4.68. The summed E-state index contributed by atoms with van der Waals surface area (Å²) >= 11 is 11.2. The normalized spacial score (nSPS) is 31.3. The maximum absolute atomic E-state index is 10.0. The molecule has 0 radical (unpaired) electrons. The van der Waals surface area contributed by atoms with Crippen molar-refractivity contribution in [3.05, 3.63) is 0 Å². The van der Waals surface area contributed by atoms with Crippen molar-refractivity contribution in [2.75, 3.05) is 6.61 Å². The monoisotopic (exact) mass is 240 g/mol. The molecule has 0 amide bonds. The Morgan fingerprint density at radius 1 is 1.57 bits per heavy atom. The van der Waals surface area contributed by atoms with Crippen molar-refractivity contribution in [1.29, 1.82) is 0 Å². The summed E-state index contributed by atoms with van der Waals surface area (Å²) in [5.74, 6) is 0.144. The molecule has 0 heterocycles. The van der Waals surface area contributed by atoms with Crippen molar-refractivity contribution in [3.63, 3.8) is 0 Å². The van der Waals surface area contributed by atoms with E-state index in [1.165, 1.54) is 0 Å². The minimum Gasteiger partial charge on any atom is -0.468 e. The summed E-state index contributed by atoms with van der Waals surface area (Å²) in [5, 5.41) is 9.66. The second kappa shape index (κ2) is 4.25. The van der Waals surface area contributed by atoms with Crippen LogP contribution in [0.15, 0.2) is 0 Å². The molecule has 1 rings (SSSR count). The van der Waals surface area contributed by atoms with Crippen molar-refractivity contribution >= 4 is 29.7 Å². The highest BCUT2D eigenvalue weighted by molar-refractivity contribution is 6.44. The van der Waals surface area contributed by atoms with Gasteiger partial charge in [0.15, 0.2) is 0 Å². The van der Waals surface area contributed by atoms with Crippen molar-refractivity contribution in [2.24, 2.45) is 17.3 Å². The predicted octanol–water partition coefficient (Wildman–Crippen LogP) is 1.60. The van der Waals surface area contributed by atoms with Gasteiger partial charge >= 0.3 is 0 Å². The number of halogens is 2. The summed E-state index contributed by atoms with van der Waals surface area (Å²) in [7, 11) is 0. The SMILES string of the molecule is CC1(C)C(COC=O)C1C(O)C(Cl)Cl. The average molecular weight is 241 g/mol. The van der Waals surface area contributed by atoms with E-state index >= 15 is 0 Å². The zero-order valence-electron chi connectivity index (χ0n) is 8.11. The van der Waals surface area contributed by atoms with E-state index in [4.69, 9.17) is 23.2 Å². The first-order valence-corrected chi connectivity index (χ1v) is 5.31. The highest BCUT2D eigenvalue weighted by Gasteiger charge is 2.61. The molecule has 82 valence electrons. The Kier molecular flexibility index (Phi) is 3.67. The number of rotatable bonds is 5. The number of aliphatic hydroxyl groups excluding tert-OH is 1. The molecule has 1 N–H and O–H groups in total. The maximum atomic E-state index is 10.0. The van der Waals surface area contributed by atoms with Crippen LogP contribution >= 0.6 is 23.2 Å². The largest absolute Gasteiger partial charge is 0.468 e. The maximum Gasteiger partial charge on any atom is 0.293 e. The first kappa shape index (κ1) is 12.1. The van der Waals surface area contributed by atoms with E-state index in [0.717, 1.165) is 0 Å². The highest BCUT2D eigenvalue weighted by Crippen LogP contribution is 2.60. The van der Waals surface area contributed by atoms with Gasteiger partial charge in [0.25, 0.3) is 6.47 Å². The lowest BCUT2D eigenvalue weighted by Crippen LogP contribution is -2.21. The van der Waals surface area contributed by atoms with Gasteiger partial charge in [-0.2, -0.15) is 0 Å². The number of aliphatic hydroxyl groups is 1. The fourth-order valence-electron chi connectivity index (χ4n) is 2.08. The Morgan fingerprint density at radius 2 is 2.14 bits per heavy atom. The van der Waals surface area contributed by atoms with Crippen molar-refractivity contribution in [3.8, 4) is 0 Å². The molecule has 1 aliphatic carbocycles.